The molecule has 1 saturated heterocycles. The maximum absolute atomic E-state index is 6.05. The fourth-order valence-corrected chi connectivity index (χ4v) is 4.34. The van der Waals surface area contributed by atoms with E-state index >= 15 is 0 Å². The number of hydrogen-bond donors (Lipinski definition) is 1. The zero-order valence-corrected chi connectivity index (χ0v) is 13.6. The number of rotatable bonds is 5. The summed E-state index contributed by atoms with van der Waals surface area (Å²) in [7, 11) is 0. The van der Waals surface area contributed by atoms with E-state index in [1.807, 2.05) is 0 Å². The summed E-state index contributed by atoms with van der Waals surface area (Å²) in [5.41, 5.74) is 0.553. The minimum absolute atomic E-state index is 0.0153. The lowest BCUT2D eigenvalue weighted by molar-refractivity contribution is -0.134. The second-order valence-corrected chi connectivity index (χ2v) is 8.22. The molecule has 3 heteroatoms. The Bertz CT molecular complexity index is 332. The largest absolute Gasteiger partial charge is 0.370 e. The third kappa shape index (κ3) is 3.75. The monoisotopic (exact) mass is 280 g/mol. The van der Waals surface area contributed by atoms with Gasteiger partial charge in [0.1, 0.15) is 0 Å². The zero-order chi connectivity index (χ0) is 14.2. The van der Waals surface area contributed by atoms with Crippen molar-refractivity contribution < 1.29 is 4.74 Å². The zero-order valence-electron chi connectivity index (χ0n) is 13.6. The van der Waals surface area contributed by atoms with E-state index in [1.165, 1.54) is 51.6 Å². The molecule has 1 aliphatic heterocycles. The molecule has 2 saturated carbocycles. The molecule has 20 heavy (non-hydrogen) atoms. The number of hydrogen-bond acceptors (Lipinski definition) is 3. The van der Waals surface area contributed by atoms with Gasteiger partial charge in [-0.2, -0.15) is 0 Å². The van der Waals surface area contributed by atoms with Gasteiger partial charge < -0.3 is 10.1 Å². The molecule has 3 nitrogen and oxygen atoms in total. The van der Waals surface area contributed by atoms with E-state index in [9.17, 15) is 0 Å². The average molecular weight is 280 g/mol. The summed E-state index contributed by atoms with van der Waals surface area (Å²) in [6, 6.07) is 0.840. The highest BCUT2D eigenvalue weighted by molar-refractivity contribution is 4.94. The molecular weight excluding hydrogens is 248 g/mol. The van der Waals surface area contributed by atoms with E-state index in [0.29, 0.717) is 11.5 Å². The summed E-state index contributed by atoms with van der Waals surface area (Å²) in [5, 5.41) is 3.80. The fraction of sp³-hybridized carbons (Fsp3) is 1.00. The molecular formula is C17H32N2O. The van der Waals surface area contributed by atoms with Gasteiger partial charge in [-0.25, -0.2) is 0 Å². The van der Waals surface area contributed by atoms with Gasteiger partial charge in [-0.15, -0.1) is 0 Å². The first kappa shape index (κ1) is 14.8. The van der Waals surface area contributed by atoms with Crippen molar-refractivity contribution in [2.75, 3.05) is 26.2 Å². The van der Waals surface area contributed by atoms with Gasteiger partial charge in [0, 0.05) is 32.2 Å². The van der Waals surface area contributed by atoms with Crippen LogP contribution in [0.2, 0.25) is 0 Å². The molecule has 0 radical (unpaired) electrons. The summed E-state index contributed by atoms with van der Waals surface area (Å²) in [5.74, 6) is 0. The van der Waals surface area contributed by atoms with Crippen molar-refractivity contribution in [2.45, 2.75) is 77.0 Å². The summed E-state index contributed by atoms with van der Waals surface area (Å²) < 4.78 is 6.05. The van der Waals surface area contributed by atoms with Crippen LogP contribution >= 0.6 is 0 Å². The van der Waals surface area contributed by atoms with Crippen LogP contribution in [0, 0.1) is 5.41 Å². The SMILES string of the molecule is CC1CN(CC2(CNC3CC3)CCCC2)CC(C)(C)O1. The van der Waals surface area contributed by atoms with Crippen molar-refractivity contribution in [1.29, 1.82) is 0 Å². The van der Waals surface area contributed by atoms with E-state index < -0.39 is 0 Å². The summed E-state index contributed by atoms with van der Waals surface area (Å²) in [6.07, 6.45) is 8.85. The minimum atomic E-state index is 0.0153. The Balaban J connectivity index is 1.60. The Morgan fingerprint density at radius 3 is 2.50 bits per heavy atom. The molecule has 1 atom stereocenters. The first-order chi connectivity index (χ1) is 9.46. The maximum atomic E-state index is 6.05. The van der Waals surface area contributed by atoms with Gasteiger partial charge in [0.05, 0.1) is 11.7 Å². The average Bonchev–Trinajstić information content (AvgIpc) is 3.05. The topological polar surface area (TPSA) is 24.5 Å². The predicted molar refractivity (Wildman–Crippen MR) is 83.0 cm³/mol. The van der Waals surface area contributed by atoms with Crippen molar-refractivity contribution >= 4 is 0 Å². The van der Waals surface area contributed by atoms with Crippen molar-refractivity contribution in [3.05, 3.63) is 0 Å². The molecule has 0 spiro atoms. The molecule has 1 unspecified atom stereocenters. The molecule has 2 aliphatic carbocycles. The van der Waals surface area contributed by atoms with Crippen LogP contribution < -0.4 is 5.32 Å². The minimum Gasteiger partial charge on any atom is -0.370 e. The Kier molecular flexibility index (Phi) is 4.13. The second-order valence-electron chi connectivity index (χ2n) is 8.22. The van der Waals surface area contributed by atoms with Crippen LogP contribution in [0.5, 0.6) is 0 Å². The van der Waals surface area contributed by atoms with Crippen molar-refractivity contribution in [3.63, 3.8) is 0 Å². The van der Waals surface area contributed by atoms with Gasteiger partial charge >= 0.3 is 0 Å². The Hall–Kier alpha value is -0.120. The second kappa shape index (κ2) is 5.58. The van der Waals surface area contributed by atoms with E-state index in [2.05, 4.69) is 31.0 Å². The molecule has 3 rings (SSSR count). The highest BCUT2D eigenvalue weighted by atomic mass is 16.5. The van der Waals surface area contributed by atoms with Crippen LogP contribution in [-0.4, -0.2) is 48.8 Å². The Morgan fingerprint density at radius 1 is 1.20 bits per heavy atom. The fourth-order valence-electron chi connectivity index (χ4n) is 4.34. The lowest BCUT2D eigenvalue weighted by Crippen LogP contribution is -2.55. The van der Waals surface area contributed by atoms with E-state index in [4.69, 9.17) is 4.74 Å². The Morgan fingerprint density at radius 2 is 1.90 bits per heavy atom. The summed E-state index contributed by atoms with van der Waals surface area (Å²) in [4.78, 5) is 2.67. The number of nitrogens with zero attached hydrogens (tertiary/aromatic N) is 1. The van der Waals surface area contributed by atoms with Crippen LogP contribution in [0.1, 0.15) is 59.3 Å². The number of morpholine rings is 1. The van der Waals surface area contributed by atoms with Gasteiger partial charge in [-0.3, -0.25) is 4.90 Å². The van der Waals surface area contributed by atoms with E-state index in [-0.39, 0.29) is 5.60 Å². The lowest BCUT2D eigenvalue weighted by atomic mass is 9.84. The highest BCUT2D eigenvalue weighted by Gasteiger charge is 2.40. The molecule has 0 aromatic heterocycles. The van der Waals surface area contributed by atoms with Crippen LogP contribution in [0.25, 0.3) is 0 Å². The maximum Gasteiger partial charge on any atom is 0.0757 e. The normalized spacial score (nSPS) is 33.5. The Labute approximate surface area is 124 Å². The van der Waals surface area contributed by atoms with E-state index in [1.54, 1.807) is 0 Å². The third-order valence-electron chi connectivity index (χ3n) is 5.21. The molecule has 116 valence electrons. The van der Waals surface area contributed by atoms with E-state index in [0.717, 1.165) is 19.1 Å². The lowest BCUT2D eigenvalue weighted by Gasteiger charge is -2.45. The van der Waals surface area contributed by atoms with Crippen LogP contribution in [-0.2, 0) is 4.74 Å². The van der Waals surface area contributed by atoms with Crippen LogP contribution in [0.3, 0.4) is 0 Å². The first-order valence-electron chi connectivity index (χ1n) is 8.60. The number of ether oxygens (including phenoxy) is 1. The molecule has 0 bridgehead atoms. The van der Waals surface area contributed by atoms with Gasteiger partial charge in [0.25, 0.3) is 0 Å². The molecule has 0 aromatic rings. The van der Waals surface area contributed by atoms with Crippen LogP contribution in [0.4, 0.5) is 0 Å². The summed E-state index contributed by atoms with van der Waals surface area (Å²) in [6.45, 7) is 11.4. The van der Waals surface area contributed by atoms with Crippen molar-refractivity contribution in [2.24, 2.45) is 5.41 Å². The molecule has 3 fully saturated rings. The number of nitrogens with one attached hydrogen (secondary N) is 1. The smallest absolute Gasteiger partial charge is 0.0757 e. The summed E-state index contributed by atoms with van der Waals surface area (Å²) >= 11 is 0. The van der Waals surface area contributed by atoms with Gasteiger partial charge in [0.2, 0.25) is 0 Å². The highest BCUT2D eigenvalue weighted by Crippen LogP contribution is 2.40. The quantitative estimate of drug-likeness (QED) is 0.838. The molecule has 1 heterocycles. The van der Waals surface area contributed by atoms with Gasteiger partial charge in [-0.05, 0) is 51.9 Å². The molecule has 0 aromatic carbocycles. The van der Waals surface area contributed by atoms with Crippen molar-refractivity contribution in [3.8, 4) is 0 Å². The molecule has 1 N–H and O–H groups in total. The molecule has 3 aliphatic rings. The van der Waals surface area contributed by atoms with Gasteiger partial charge in [0.15, 0.2) is 0 Å². The van der Waals surface area contributed by atoms with Gasteiger partial charge in [-0.1, -0.05) is 12.8 Å². The molecule has 0 amide bonds. The predicted octanol–water partition coefficient (Wildman–Crippen LogP) is 2.80. The third-order valence-corrected chi connectivity index (χ3v) is 5.21. The first-order valence-corrected chi connectivity index (χ1v) is 8.60. The van der Waals surface area contributed by atoms with Crippen LogP contribution in [0.15, 0.2) is 0 Å². The van der Waals surface area contributed by atoms with Crippen molar-refractivity contribution in [1.82, 2.24) is 10.2 Å². The standard InChI is InChI=1S/C17H32N2O/c1-14-10-19(12-16(2,3)20-14)13-17(8-4-5-9-17)11-18-15-6-7-15/h14-15,18H,4-13H2,1-3H3.